The molecule has 11 nitrogen and oxygen atoms in total. The van der Waals surface area contributed by atoms with E-state index in [1.165, 1.54) is 23.1 Å². The van der Waals surface area contributed by atoms with Gasteiger partial charge in [0.2, 0.25) is 11.8 Å². The Balaban J connectivity index is 1.96. The van der Waals surface area contributed by atoms with Crippen LogP contribution in [0.1, 0.15) is 51.7 Å². The highest BCUT2D eigenvalue weighted by molar-refractivity contribution is 6.01. The van der Waals surface area contributed by atoms with E-state index in [1.807, 2.05) is 24.3 Å². The number of amides is 4. The fraction of sp³-hybridized carbons (Fsp3) is 0.607. The summed E-state index contributed by atoms with van der Waals surface area (Å²) in [4.78, 5) is 42.9. The average molecular weight is 547 g/mol. The molecule has 0 aromatic heterocycles. The van der Waals surface area contributed by atoms with Gasteiger partial charge in [0.15, 0.2) is 0 Å². The molecule has 4 amide bonds. The standard InChI is InChI=1S/C28H42N4O7/c1-21(34)32(28(2,3)26(35)30-13-8-14-30)27(36)31(29(4)15-16-33)19-25(23-9-6-7-10-24(23)37-5)39-20-22-11-17-38-18-12-22/h6-7,9-10,15-16,22,25,33H,8,11-14,17-20H2,1-5H3/b16-15-/t25-/m0/s1. The van der Waals surface area contributed by atoms with E-state index in [0.29, 0.717) is 44.6 Å². The normalized spacial score (nSPS) is 16.9. The van der Waals surface area contributed by atoms with E-state index < -0.39 is 23.6 Å². The highest BCUT2D eigenvalue weighted by Crippen LogP contribution is 2.31. The number of rotatable bonds is 11. The molecular formula is C28H42N4O7. The Morgan fingerprint density at radius 3 is 2.44 bits per heavy atom. The van der Waals surface area contributed by atoms with Crippen LogP contribution in [0.5, 0.6) is 5.75 Å². The van der Waals surface area contributed by atoms with Gasteiger partial charge in [0, 0.05) is 45.8 Å². The Morgan fingerprint density at radius 2 is 1.87 bits per heavy atom. The number of para-hydroxylation sites is 1. The van der Waals surface area contributed by atoms with Crippen molar-refractivity contribution in [2.75, 3.05) is 53.6 Å². The molecule has 1 aromatic rings. The number of nitrogens with zero attached hydrogens (tertiary/aromatic N) is 4. The zero-order valence-corrected chi connectivity index (χ0v) is 23.7. The van der Waals surface area contributed by atoms with Crippen LogP contribution in [0.25, 0.3) is 0 Å². The van der Waals surface area contributed by atoms with Gasteiger partial charge in [-0.25, -0.2) is 14.7 Å². The minimum atomic E-state index is -1.42. The zero-order valence-electron chi connectivity index (χ0n) is 23.7. The molecule has 2 heterocycles. The maximum absolute atomic E-state index is 14.1. The molecule has 0 spiro atoms. The van der Waals surface area contributed by atoms with E-state index in [9.17, 15) is 19.5 Å². The lowest BCUT2D eigenvalue weighted by atomic mass is 9.98. The maximum Gasteiger partial charge on any atom is 0.346 e. The molecule has 39 heavy (non-hydrogen) atoms. The summed E-state index contributed by atoms with van der Waals surface area (Å²) in [5.41, 5.74) is -0.689. The van der Waals surface area contributed by atoms with Crippen molar-refractivity contribution >= 4 is 17.8 Å². The largest absolute Gasteiger partial charge is 0.514 e. The van der Waals surface area contributed by atoms with Crippen molar-refractivity contribution in [3.05, 3.63) is 42.3 Å². The number of ether oxygens (including phenoxy) is 3. The molecule has 11 heteroatoms. The number of likely N-dealkylation sites (tertiary alicyclic amines) is 1. The monoisotopic (exact) mass is 546 g/mol. The minimum Gasteiger partial charge on any atom is -0.514 e. The van der Waals surface area contributed by atoms with Crippen LogP contribution in [0.3, 0.4) is 0 Å². The minimum absolute atomic E-state index is 0.0129. The Bertz CT molecular complexity index is 1020. The van der Waals surface area contributed by atoms with E-state index in [-0.39, 0.29) is 12.5 Å². The fourth-order valence-electron chi connectivity index (χ4n) is 4.90. The van der Waals surface area contributed by atoms with Crippen LogP contribution in [-0.4, -0.2) is 102 Å². The van der Waals surface area contributed by atoms with Crippen LogP contribution in [0, 0.1) is 5.92 Å². The number of hydrogen-bond donors (Lipinski definition) is 1. The van der Waals surface area contributed by atoms with Gasteiger partial charge in [-0.2, -0.15) is 0 Å². The lowest BCUT2D eigenvalue weighted by molar-refractivity contribution is -0.152. The molecule has 0 aliphatic carbocycles. The van der Waals surface area contributed by atoms with Gasteiger partial charge < -0.3 is 24.2 Å². The quantitative estimate of drug-likeness (QED) is 0.332. The SMILES string of the molecule is COc1ccccc1[C@H](CN(C(=O)N(C(C)=O)C(C)(C)C(=O)N1CCC1)N(C)/C=C\O)OCC1CCOCC1. The van der Waals surface area contributed by atoms with E-state index in [0.717, 1.165) is 36.0 Å². The maximum atomic E-state index is 14.1. The summed E-state index contributed by atoms with van der Waals surface area (Å²) in [7, 11) is 3.14. The second-order valence-corrected chi connectivity index (χ2v) is 10.4. The van der Waals surface area contributed by atoms with Crippen molar-refractivity contribution in [1.29, 1.82) is 0 Å². The number of methoxy groups -OCH3 is 1. The van der Waals surface area contributed by atoms with Crippen LogP contribution >= 0.6 is 0 Å². The number of hydrazine groups is 1. The van der Waals surface area contributed by atoms with Crippen LogP contribution in [0.15, 0.2) is 36.7 Å². The lowest BCUT2D eigenvalue weighted by Crippen LogP contribution is -2.65. The molecule has 3 rings (SSSR count). The third-order valence-corrected chi connectivity index (χ3v) is 7.31. The van der Waals surface area contributed by atoms with E-state index in [4.69, 9.17) is 14.2 Å². The molecule has 2 aliphatic heterocycles. The van der Waals surface area contributed by atoms with E-state index >= 15 is 0 Å². The zero-order chi connectivity index (χ0) is 28.6. The Morgan fingerprint density at radius 1 is 1.21 bits per heavy atom. The molecule has 0 unspecified atom stereocenters. The van der Waals surface area contributed by atoms with Gasteiger partial charge in [0.25, 0.3) is 0 Å². The summed E-state index contributed by atoms with van der Waals surface area (Å²) < 4.78 is 17.5. The second-order valence-electron chi connectivity index (χ2n) is 10.4. The third kappa shape index (κ3) is 7.21. The number of carbonyl (C=O) groups excluding carboxylic acids is 3. The van der Waals surface area contributed by atoms with Crippen molar-refractivity contribution < 1.29 is 33.7 Å². The van der Waals surface area contributed by atoms with Crippen molar-refractivity contribution in [1.82, 2.24) is 19.8 Å². The molecule has 216 valence electrons. The molecule has 2 aliphatic rings. The summed E-state index contributed by atoms with van der Waals surface area (Å²) in [6.07, 6.45) is 4.09. The Hall–Kier alpha value is -3.31. The van der Waals surface area contributed by atoms with Crippen LogP contribution < -0.4 is 4.74 Å². The fourth-order valence-corrected chi connectivity index (χ4v) is 4.90. The summed E-state index contributed by atoms with van der Waals surface area (Å²) in [5, 5.41) is 12.2. The number of aliphatic hydroxyl groups is 1. The van der Waals surface area contributed by atoms with Crippen molar-refractivity contribution in [3.63, 3.8) is 0 Å². The van der Waals surface area contributed by atoms with E-state index in [2.05, 4.69) is 0 Å². The van der Waals surface area contributed by atoms with Crippen molar-refractivity contribution in [3.8, 4) is 5.75 Å². The number of aliphatic hydroxyl groups excluding tert-OH is 1. The Kier molecular flexibility index (Phi) is 10.6. The van der Waals surface area contributed by atoms with Gasteiger partial charge in [-0.3, -0.25) is 14.6 Å². The number of urea groups is 1. The lowest BCUT2D eigenvalue weighted by Gasteiger charge is -2.44. The van der Waals surface area contributed by atoms with Gasteiger partial charge in [0.1, 0.15) is 17.4 Å². The number of carbonyl (C=O) groups is 3. The molecule has 0 saturated carbocycles. The summed E-state index contributed by atoms with van der Waals surface area (Å²) in [5.74, 6) is 0.0350. The predicted octanol–water partition coefficient (Wildman–Crippen LogP) is 3.34. The molecule has 1 atom stereocenters. The first-order chi connectivity index (χ1) is 18.6. The second kappa shape index (κ2) is 13.7. The summed E-state index contributed by atoms with van der Waals surface area (Å²) in [6.45, 7) is 7.39. The smallest absolute Gasteiger partial charge is 0.346 e. The van der Waals surface area contributed by atoms with Gasteiger partial charge in [-0.05, 0) is 45.1 Å². The molecule has 2 fully saturated rings. The highest BCUT2D eigenvalue weighted by Gasteiger charge is 2.46. The van der Waals surface area contributed by atoms with E-state index in [1.54, 1.807) is 32.9 Å². The topological polar surface area (TPSA) is 112 Å². The molecule has 1 N–H and O–H groups in total. The molecular weight excluding hydrogens is 504 g/mol. The first kappa shape index (κ1) is 30.2. The van der Waals surface area contributed by atoms with Crippen molar-refractivity contribution in [2.24, 2.45) is 5.92 Å². The van der Waals surface area contributed by atoms with Crippen LogP contribution in [0.4, 0.5) is 4.79 Å². The first-order valence-corrected chi connectivity index (χ1v) is 13.4. The van der Waals surface area contributed by atoms with Crippen LogP contribution in [0.2, 0.25) is 0 Å². The molecule has 1 aromatic carbocycles. The average Bonchev–Trinajstić information content (AvgIpc) is 2.88. The van der Waals surface area contributed by atoms with Gasteiger partial charge in [0.05, 0.1) is 32.7 Å². The molecule has 0 bridgehead atoms. The summed E-state index contributed by atoms with van der Waals surface area (Å²) >= 11 is 0. The molecule has 0 radical (unpaired) electrons. The first-order valence-electron chi connectivity index (χ1n) is 13.4. The van der Waals surface area contributed by atoms with Gasteiger partial charge in [-0.15, -0.1) is 0 Å². The van der Waals surface area contributed by atoms with Gasteiger partial charge in [-0.1, -0.05) is 18.2 Å². The number of benzene rings is 1. The third-order valence-electron chi connectivity index (χ3n) is 7.31. The predicted molar refractivity (Wildman–Crippen MR) is 145 cm³/mol. The highest BCUT2D eigenvalue weighted by atomic mass is 16.5. The summed E-state index contributed by atoms with van der Waals surface area (Å²) in [6, 6.07) is 6.70. The van der Waals surface area contributed by atoms with Crippen molar-refractivity contribution in [2.45, 2.75) is 51.7 Å². The van der Waals surface area contributed by atoms with Gasteiger partial charge >= 0.3 is 6.03 Å². The molecule has 2 saturated heterocycles. The Labute approximate surface area is 230 Å². The number of imide groups is 1. The number of hydrogen-bond acceptors (Lipinski definition) is 8. The van der Waals surface area contributed by atoms with Crippen LogP contribution in [-0.2, 0) is 19.1 Å².